The molecule has 3 amide bonds. The molecule has 1 aromatic carbocycles. The fraction of sp³-hybridized carbons (Fsp3) is 0.400. The summed E-state index contributed by atoms with van der Waals surface area (Å²) in [6.07, 6.45) is 4.47. The van der Waals surface area contributed by atoms with Gasteiger partial charge in [-0.25, -0.2) is 14.8 Å². The molecule has 1 aliphatic rings. The Kier molecular flexibility index (Phi) is 6.44. The van der Waals surface area contributed by atoms with Crippen LogP contribution >= 0.6 is 22.7 Å². The molecule has 0 atom stereocenters. The summed E-state index contributed by atoms with van der Waals surface area (Å²) in [7, 11) is 0. The number of thiazole rings is 2. The topological polar surface area (TPSA) is 105 Å². The van der Waals surface area contributed by atoms with E-state index in [-0.39, 0.29) is 24.4 Å². The van der Waals surface area contributed by atoms with Crippen LogP contribution in [0, 0.1) is 0 Å². The molecule has 3 N–H and O–H groups in total. The second-order valence-corrected chi connectivity index (χ2v) is 8.92. The Morgan fingerprint density at radius 2 is 2.00 bits per heavy atom. The van der Waals surface area contributed by atoms with E-state index in [1.807, 2.05) is 25.1 Å². The third-order valence-corrected chi connectivity index (χ3v) is 6.46. The van der Waals surface area contributed by atoms with Gasteiger partial charge in [0.25, 0.3) is 0 Å². The Bertz CT molecular complexity index is 1040. The Hall–Kier alpha value is -2.72. The number of nitrogens with zero attached hydrogens (tertiary/aromatic N) is 2. The summed E-state index contributed by atoms with van der Waals surface area (Å²) in [5.41, 5.74) is 1.42. The third kappa shape index (κ3) is 5.25. The van der Waals surface area contributed by atoms with Crippen molar-refractivity contribution in [1.82, 2.24) is 15.3 Å². The predicted octanol–water partition coefficient (Wildman–Crippen LogP) is 4.40. The van der Waals surface area contributed by atoms with Crippen molar-refractivity contribution in [1.29, 1.82) is 0 Å². The molecular weight excluding hydrogens is 422 g/mol. The molecule has 1 saturated carbocycles. The van der Waals surface area contributed by atoms with Crippen LogP contribution in [-0.2, 0) is 11.2 Å². The summed E-state index contributed by atoms with van der Waals surface area (Å²) in [5.74, 6) is 0.581. The average Bonchev–Trinajstić information content (AvgIpc) is 3.43. The van der Waals surface area contributed by atoms with Crippen LogP contribution in [0.25, 0.3) is 10.2 Å². The molecule has 30 heavy (non-hydrogen) atoms. The molecule has 0 unspecified atom stereocenters. The van der Waals surface area contributed by atoms with Crippen molar-refractivity contribution in [3.63, 3.8) is 0 Å². The van der Waals surface area contributed by atoms with Gasteiger partial charge in [0.05, 0.1) is 28.9 Å². The van der Waals surface area contributed by atoms with E-state index in [2.05, 4.69) is 25.9 Å². The van der Waals surface area contributed by atoms with Crippen LogP contribution in [0.5, 0.6) is 5.75 Å². The first-order chi connectivity index (χ1) is 14.6. The monoisotopic (exact) mass is 445 g/mol. The average molecular weight is 446 g/mol. The van der Waals surface area contributed by atoms with Crippen molar-refractivity contribution in [2.75, 3.05) is 17.2 Å². The number of fused-ring (bicyclic) bond motifs is 1. The van der Waals surface area contributed by atoms with E-state index >= 15 is 0 Å². The van der Waals surface area contributed by atoms with Gasteiger partial charge >= 0.3 is 6.03 Å². The van der Waals surface area contributed by atoms with Gasteiger partial charge in [-0.2, -0.15) is 0 Å². The number of carbonyl (C=O) groups is 2. The lowest BCUT2D eigenvalue weighted by Gasteiger charge is -2.11. The Balaban J connectivity index is 1.30. The molecule has 3 aromatic rings. The summed E-state index contributed by atoms with van der Waals surface area (Å²) in [6, 6.07) is 5.66. The molecule has 0 saturated heterocycles. The summed E-state index contributed by atoms with van der Waals surface area (Å²) >= 11 is 2.70. The molecule has 0 bridgehead atoms. The molecule has 0 aliphatic heterocycles. The van der Waals surface area contributed by atoms with Gasteiger partial charge in [-0.05, 0) is 38.0 Å². The quantitative estimate of drug-likeness (QED) is 0.500. The van der Waals surface area contributed by atoms with E-state index in [0.29, 0.717) is 22.6 Å². The Labute approximate surface area is 182 Å². The lowest BCUT2D eigenvalue weighted by Crippen LogP contribution is -2.36. The molecule has 0 spiro atoms. The second-order valence-electron chi connectivity index (χ2n) is 7.03. The molecule has 1 fully saturated rings. The van der Waals surface area contributed by atoms with Gasteiger partial charge in [-0.3, -0.25) is 10.1 Å². The zero-order valence-corrected chi connectivity index (χ0v) is 18.2. The van der Waals surface area contributed by atoms with Gasteiger partial charge in [-0.15, -0.1) is 11.3 Å². The minimum absolute atomic E-state index is 0.114. The van der Waals surface area contributed by atoms with E-state index < -0.39 is 0 Å². The number of hydrogen-bond acceptors (Lipinski definition) is 7. The molecule has 2 heterocycles. The molecule has 10 heteroatoms. The highest BCUT2D eigenvalue weighted by molar-refractivity contribution is 7.22. The number of benzene rings is 1. The van der Waals surface area contributed by atoms with Crippen LogP contribution in [0.3, 0.4) is 0 Å². The Morgan fingerprint density at radius 3 is 2.80 bits per heavy atom. The first kappa shape index (κ1) is 20.5. The first-order valence-corrected chi connectivity index (χ1v) is 11.6. The summed E-state index contributed by atoms with van der Waals surface area (Å²) < 4.78 is 6.45. The molecule has 0 radical (unpaired) electrons. The molecular formula is C20H23N5O3S2. The van der Waals surface area contributed by atoms with Gasteiger partial charge < -0.3 is 15.4 Å². The molecule has 4 rings (SSSR count). The van der Waals surface area contributed by atoms with Crippen molar-refractivity contribution >= 4 is 55.1 Å². The third-order valence-electron chi connectivity index (χ3n) is 4.72. The van der Waals surface area contributed by atoms with Gasteiger partial charge in [0.15, 0.2) is 10.3 Å². The van der Waals surface area contributed by atoms with E-state index in [9.17, 15) is 9.59 Å². The minimum Gasteiger partial charge on any atom is -0.494 e. The lowest BCUT2D eigenvalue weighted by atomic mass is 10.3. The van der Waals surface area contributed by atoms with Crippen LogP contribution in [0.15, 0.2) is 23.6 Å². The second kappa shape index (κ2) is 9.40. The zero-order chi connectivity index (χ0) is 20.9. The normalized spacial score (nSPS) is 14.0. The van der Waals surface area contributed by atoms with Crippen LogP contribution in [-0.4, -0.2) is 34.6 Å². The van der Waals surface area contributed by atoms with E-state index in [4.69, 9.17) is 4.74 Å². The number of urea groups is 1. The number of carbonyl (C=O) groups excluding carboxylic acids is 2. The van der Waals surface area contributed by atoms with E-state index in [1.165, 1.54) is 22.7 Å². The van der Waals surface area contributed by atoms with Gasteiger partial charge in [-0.1, -0.05) is 24.2 Å². The van der Waals surface area contributed by atoms with Crippen molar-refractivity contribution < 1.29 is 14.3 Å². The summed E-state index contributed by atoms with van der Waals surface area (Å²) in [6.45, 7) is 2.53. The van der Waals surface area contributed by atoms with Crippen LogP contribution in [0.4, 0.5) is 15.1 Å². The zero-order valence-electron chi connectivity index (χ0n) is 16.6. The highest BCUT2D eigenvalue weighted by Gasteiger charge is 2.18. The molecule has 8 nitrogen and oxygen atoms in total. The highest BCUT2D eigenvalue weighted by atomic mass is 32.1. The SMILES string of the molecule is CCOc1ccc2nc(NC(=O)Cc3csc(NC(=O)NC4CCCC4)n3)sc2c1. The van der Waals surface area contributed by atoms with Crippen molar-refractivity contribution in [2.24, 2.45) is 0 Å². The molecule has 158 valence electrons. The largest absolute Gasteiger partial charge is 0.494 e. The number of amides is 3. The number of rotatable bonds is 7. The van der Waals surface area contributed by atoms with Gasteiger partial charge in [0.2, 0.25) is 5.91 Å². The maximum absolute atomic E-state index is 12.4. The fourth-order valence-corrected chi connectivity index (χ4v) is 4.99. The van der Waals surface area contributed by atoms with E-state index in [0.717, 1.165) is 41.6 Å². The fourth-order valence-electron chi connectivity index (χ4n) is 3.38. The highest BCUT2D eigenvalue weighted by Crippen LogP contribution is 2.29. The number of nitrogens with one attached hydrogen (secondary N) is 3. The van der Waals surface area contributed by atoms with E-state index in [1.54, 1.807) is 5.38 Å². The first-order valence-electron chi connectivity index (χ1n) is 9.94. The maximum atomic E-state index is 12.4. The van der Waals surface area contributed by atoms with Crippen LogP contribution in [0.2, 0.25) is 0 Å². The summed E-state index contributed by atoms with van der Waals surface area (Å²) in [5, 5.41) is 11.3. The molecule has 2 aromatic heterocycles. The minimum atomic E-state index is -0.242. The smallest absolute Gasteiger partial charge is 0.321 e. The Morgan fingerprint density at radius 1 is 1.17 bits per heavy atom. The van der Waals surface area contributed by atoms with Crippen molar-refractivity contribution in [3.8, 4) is 5.75 Å². The number of anilines is 2. The number of ether oxygens (including phenoxy) is 1. The number of hydrogen-bond donors (Lipinski definition) is 3. The predicted molar refractivity (Wildman–Crippen MR) is 120 cm³/mol. The molecule has 1 aliphatic carbocycles. The van der Waals surface area contributed by atoms with Crippen molar-refractivity contribution in [2.45, 2.75) is 45.1 Å². The van der Waals surface area contributed by atoms with Crippen molar-refractivity contribution in [3.05, 3.63) is 29.3 Å². The number of aromatic nitrogens is 2. The van der Waals surface area contributed by atoms with Gasteiger partial charge in [0, 0.05) is 11.4 Å². The maximum Gasteiger partial charge on any atom is 0.321 e. The lowest BCUT2D eigenvalue weighted by molar-refractivity contribution is -0.115. The van der Waals surface area contributed by atoms with Gasteiger partial charge in [0.1, 0.15) is 5.75 Å². The van der Waals surface area contributed by atoms with Crippen LogP contribution < -0.4 is 20.7 Å². The van der Waals surface area contributed by atoms with Crippen LogP contribution in [0.1, 0.15) is 38.3 Å². The summed E-state index contributed by atoms with van der Waals surface area (Å²) in [4.78, 5) is 33.2. The standard InChI is InChI=1S/C20H23N5O3S2/c1-2-28-14-7-8-15-16(10-14)30-20(23-15)24-17(26)9-13-11-29-19(22-13)25-18(27)21-12-5-3-4-6-12/h7-8,10-12H,2-6,9H2,1H3,(H,23,24,26)(H2,21,22,25,27).